The maximum absolute atomic E-state index is 8.97. The molecule has 0 spiro atoms. The van der Waals surface area contributed by atoms with Crippen molar-refractivity contribution in [1.29, 1.82) is 0 Å². The number of aryl methyl sites for hydroxylation is 1. The number of hydrogen-bond acceptors (Lipinski definition) is 7. The maximum Gasteiger partial charge on any atom is 0.180 e. The van der Waals surface area contributed by atoms with Crippen LogP contribution in [0.25, 0.3) is 5.65 Å². The zero-order chi connectivity index (χ0) is 16.2. The number of nitrogens with two attached hydrogens (primary N) is 1. The number of nitrogen functional groups attached to an aromatic ring is 1. The largest absolute Gasteiger partial charge is 0.395 e. The second-order valence-corrected chi connectivity index (χ2v) is 6.00. The molecule has 4 N–H and O–H groups in total. The number of rotatable bonds is 7. The number of aromatic nitrogens is 3. The van der Waals surface area contributed by atoms with Crippen LogP contribution in [-0.2, 0) is 0 Å². The van der Waals surface area contributed by atoms with Gasteiger partial charge in [-0.25, -0.2) is 4.98 Å². The molecule has 0 aliphatic carbocycles. The normalized spacial score (nSPS) is 16.4. The van der Waals surface area contributed by atoms with Crippen molar-refractivity contribution in [3.63, 3.8) is 0 Å². The molecule has 8 nitrogen and oxygen atoms in total. The molecule has 0 aromatic carbocycles. The van der Waals surface area contributed by atoms with E-state index in [9.17, 15) is 0 Å². The summed E-state index contributed by atoms with van der Waals surface area (Å²) < 4.78 is 1.75. The Morgan fingerprint density at radius 3 is 2.87 bits per heavy atom. The van der Waals surface area contributed by atoms with Crippen molar-refractivity contribution in [3.8, 4) is 0 Å². The van der Waals surface area contributed by atoms with Crippen LogP contribution in [0.2, 0.25) is 0 Å². The Morgan fingerprint density at radius 1 is 1.30 bits per heavy atom. The second kappa shape index (κ2) is 7.12. The fourth-order valence-electron chi connectivity index (χ4n) is 2.96. The molecule has 3 heterocycles. The molecule has 0 radical (unpaired) electrons. The maximum atomic E-state index is 8.97. The summed E-state index contributed by atoms with van der Waals surface area (Å²) in [6.45, 7) is 7.95. The monoisotopic (exact) mass is 319 g/mol. The fourth-order valence-corrected chi connectivity index (χ4v) is 2.96. The van der Waals surface area contributed by atoms with Gasteiger partial charge in [0.1, 0.15) is 5.82 Å². The zero-order valence-corrected chi connectivity index (χ0v) is 13.6. The number of anilines is 2. The van der Waals surface area contributed by atoms with Crippen molar-refractivity contribution in [2.45, 2.75) is 13.3 Å². The lowest BCUT2D eigenvalue weighted by Crippen LogP contribution is -2.29. The molecule has 1 saturated heterocycles. The van der Waals surface area contributed by atoms with E-state index in [0.717, 1.165) is 57.3 Å². The van der Waals surface area contributed by atoms with Crippen LogP contribution in [0.3, 0.4) is 0 Å². The second-order valence-electron chi connectivity index (χ2n) is 6.00. The third kappa shape index (κ3) is 3.72. The van der Waals surface area contributed by atoms with Gasteiger partial charge in [0.25, 0.3) is 0 Å². The van der Waals surface area contributed by atoms with Gasteiger partial charge < -0.3 is 16.2 Å². The number of aliphatic hydroxyl groups is 1. The van der Waals surface area contributed by atoms with Gasteiger partial charge in [0.15, 0.2) is 5.65 Å². The Hall–Kier alpha value is -1.90. The first-order valence-electron chi connectivity index (χ1n) is 8.07. The molecule has 23 heavy (non-hydrogen) atoms. The third-order valence-corrected chi connectivity index (χ3v) is 4.13. The van der Waals surface area contributed by atoms with Crippen LogP contribution in [0.5, 0.6) is 0 Å². The summed E-state index contributed by atoms with van der Waals surface area (Å²) in [4.78, 5) is 9.10. The van der Waals surface area contributed by atoms with E-state index in [-0.39, 0.29) is 6.61 Å². The lowest BCUT2D eigenvalue weighted by atomic mass is 10.3. The van der Waals surface area contributed by atoms with Gasteiger partial charge in [-0.05, 0) is 13.3 Å². The molecular weight excluding hydrogens is 294 g/mol. The minimum absolute atomic E-state index is 0.236. The number of fused-ring (bicyclic) bond motifs is 1. The Morgan fingerprint density at radius 2 is 2.09 bits per heavy atom. The van der Waals surface area contributed by atoms with Gasteiger partial charge in [-0.15, -0.1) is 0 Å². The summed E-state index contributed by atoms with van der Waals surface area (Å²) in [6, 6.07) is 1.98. The number of hydrogen-bond donors (Lipinski definition) is 3. The first-order valence-corrected chi connectivity index (χ1v) is 8.07. The van der Waals surface area contributed by atoms with Crippen LogP contribution >= 0.6 is 0 Å². The molecule has 0 saturated carbocycles. The number of nitrogens with zero attached hydrogens (tertiary/aromatic N) is 5. The Bertz CT molecular complexity index is 657. The Kier molecular flexibility index (Phi) is 4.94. The molecule has 8 heteroatoms. The van der Waals surface area contributed by atoms with Crippen LogP contribution in [-0.4, -0.2) is 75.5 Å². The smallest absolute Gasteiger partial charge is 0.180 e. The number of β-amino-alcohol motifs (C(OH)–C–C–N with tert-alkyl or cyclic N) is 1. The zero-order valence-electron chi connectivity index (χ0n) is 13.6. The molecule has 1 fully saturated rings. The number of aliphatic hydroxyl groups excluding tert-OH is 1. The summed E-state index contributed by atoms with van der Waals surface area (Å²) in [5.41, 5.74) is 8.10. The van der Waals surface area contributed by atoms with Crippen molar-refractivity contribution >= 4 is 17.2 Å². The molecule has 0 atom stereocenters. The minimum Gasteiger partial charge on any atom is -0.395 e. The highest BCUT2D eigenvalue weighted by molar-refractivity contribution is 5.66. The fraction of sp³-hybridized carbons (Fsp3) is 0.600. The molecule has 0 unspecified atom stereocenters. The molecule has 1 aliphatic rings. The molecule has 2 aromatic heterocycles. The Balaban J connectivity index is 1.50. The van der Waals surface area contributed by atoms with Gasteiger partial charge in [0, 0.05) is 44.5 Å². The topological polar surface area (TPSA) is 94.9 Å². The summed E-state index contributed by atoms with van der Waals surface area (Å²) >= 11 is 0. The van der Waals surface area contributed by atoms with Gasteiger partial charge >= 0.3 is 0 Å². The van der Waals surface area contributed by atoms with E-state index in [4.69, 9.17) is 10.8 Å². The first-order chi connectivity index (χ1) is 11.2. The van der Waals surface area contributed by atoms with Gasteiger partial charge in [-0.3, -0.25) is 9.80 Å². The molecule has 3 rings (SSSR count). The van der Waals surface area contributed by atoms with Crippen molar-refractivity contribution in [2.24, 2.45) is 0 Å². The van der Waals surface area contributed by atoms with Gasteiger partial charge in [0.05, 0.1) is 25.2 Å². The van der Waals surface area contributed by atoms with Crippen LogP contribution in [0, 0.1) is 6.92 Å². The van der Waals surface area contributed by atoms with Crippen LogP contribution in [0.4, 0.5) is 11.5 Å². The highest BCUT2D eigenvalue weighted by atomic mass is 16.3. The van der Waals surface area contributed by atoms with Crippen LogP contribution < -0.4 is 11.1 Å². The molecule has 0 amide bonds. The molecular formula is C15H25N7O. The van der Waals surface area contributed by atoms with Gasteiger partial charge in [0.2, 0.25) is 0 Å². The van der Waals surface area contributed by atoms with E-state index in [2.05, 4.69) is 25.2 Å². The molecule has 1 aliphatic heterocycles. The van der Waals surface area contributed by atoms with Crippen molar-refractivity contribution < 1.29 is 5.11 Å². The predicted octanol–water partition coefficient (Wildman–Crippen LogP) is -0.0107. The third-order valence-electron chi connectivity index (χ3n) is 4.13. The van der Waals surface area contributed by atoms with Crippen molar-refractivity contribution in [1.82, 2.24) is 24.4 Å². The summed E-state index contributed by atoms with van der Waals surface area (Å²) in [5.74, 6) is 0.924. The summed E-state index contributed by atoms with van der Waals surface area (Å²) in [6.07, 6.45) is 2.68. The van der Waals surface area contributed by atoms with E-state index in [1.165, 1.54) is 0 Å². The summed E-state index contributed by atoms with van der Waals surface area (Å²) in [5, 5.41) is 16.7. The standard InChI is InChI=1S/C15H25N7O/c1-12-9-14(22-15(19-12)13(16)10-18-22)17-3-2-4-20-5-6-21(11-20)7-8-23/h9-10,17,23H,2-8,11,16H2,1H3. The van der Waals surface area contributed by atoms with Crippen LogP contribution in [0.15, 0.2) is 12.3 Å². The van der Waals surface area contributed by atoms with E-state index in [0.29, 0.717) is 11.3 Å². The van der Waals surface area contributed by atoms with Gasteiger partial charge in [-0.2, -0.15) is 9.61 Å². The molecule has 2 aromatic rings. The predicted molar refractivity (Wildman–Crippen MR) is 90.3 cm³/mol. The first kappa shape index (κ1) is 16.0. The average Bonchev–Trinajstić information content (AvgIpc) is 3.12. The molecule has 126 valence electrons. The highest BCUT2D eigenvalue weighted by Gasteiger charge is 2.18. The quantitative estimate of drug-likeness (QED) is 0.618. The average molecular weight is 319 g/mol. The van der Waals surface area contributed by atoms with Gasteiger partial charge in [-0.1, -0.05) is 0 Å². The van der Waals surface area contributed by atoms with E-state index in [1.54, 1.807) is 10.7 Å². The van der Waals surface area contributed by atoms with Crippen LogP contribution in [0.1, 0.15) is 12.1 Å². The minimum atomic E-state index is 0.236. The van der Waals surface area contributed by atoms with Crippen molar-refractivity contribution in [2.75, 3.05) is 57.0 Å². The number of nitrogens with one attached hydrogen (secondary N) is 1. The van der Waals surface area contributed by atoms with Crippen molar-refractivity contribution in [3.05, 3.63) is 18.0 Å². The lowest BCUT2D eigenvalue weighted by molar-refractivity contribution is 0.192. The molecule has 0 bridgehead atoms. The van der Waals surface area contributed by atoms with E-state index >= 15 is 0 Å². The van der Waals surface area contributed by atoms with E-state index < -0.39 is 0 Å². The van der Waals surface area contributed by atoms with E-state index in [1.807, 2.05) is 13.0 Å². The SMILES string of the molecule is Cc1cc(NCCCN2CCN(CCO)C2)n2ncc(N)c2n1. The lowest BCUT2D eigenvalue weighted by Gasteiger charge is -2.17. The Labute approximate surface area is 135 Å². The summed E-state index contributed by atoms with van der Waals surface area (Å²) in [7, 11) is 0. The highest BCUT2D eigenvalue weighted by Crippen LogP contribution is 2.17.